The van der Waals surface area contributed by atoms with Crippen LogP contribution in [0.15, 0.2) is 12.1 Å². The first-order valence-corrected chi connectivity index (χ1v) is 7.35. The number of carboxylic acid groups (broad SMARTS) is 1. The summed E-state index contributed by atoms with van der Waals surface area (Å²) < 4.78 is 7.51. The number of hydrogen-bond acceptors (Lipinski definition) is 3. The van der Waals surface area contributed by atoms with Crippen LogP contribution in [0.3, 0.4) is 0 Å². The zero-order valence-corrected chi connectivity index (χ0v) is 12.4. The standard InChI is InChI=1S/C16H20N2O3/c1-18-15-12(21-2)8-7-11(9-13(19)20)14(15)17-16(18)10-5-3-4-6-10/h7-8,10H,3-6,9H2,1-2H3,(H,19,20). The number of carbonyl (C=O) groups is 1. The van der Waals surface area contributed by atoms with Crippen LogP contribution in [0.25, 0.3) is 11.0 Å². The van der Waals surface area contributed by atoms with E-state index in [9.17, 15) is 4.79 Å². The van der Waals surface area contributed by atoms with Crippen LogP contribution >= 0.6 is 0 Å². The average Bonchev–Trinajstić information content (AvgIpc) is 3.07. The monoisotopic (exact) mass is 288 g/mol. The molecule has 1 N–H and O–H groups in total. The minimum absolute atomic E-state index is 0.0123. The van der Waals surface area contributed by atoms with Crippen molar-refractivity contribution < 1.29 is 14.6 Å². The quantitative estimate of drug-likeness (QED) is 0.939. The third kappa shape index (κ3) is 2.37. The second-order valence-corrected chi connectivity index (χ2v) is 5.71. The first kappa shape index (κ1) is 13.9. The van der Waals surface area contributed by atoms with Gasteiger partial charge in [0.05, 0.1) is 19.0 Å². The lowest BCUT2D eigenvalue weighted by molar-refractivity contribution is -0.136. The molecule has 1 aliphatic carbocycles. The number of hydrogen-bond donors (Lipinski definition) is 1. The fraction of sp³-hybridized carbons (Fsp3) is 0.500. The summed E-state index contributed by atoms with van der Waals surface area (Å²) in [5.74, 6) is 1.44. The molecule has 0 radical (unpaired) electrons. The summed E-state index contributed by atoms with van der Waals surface area (Å²) in [5, 5.41) is 9.07. The van der Waals surface area contributed by atoms with Gasteiger partial charge in [-0.25, -0.2) is 4.98 Å². The first-order valence-electron chi connectivity index (χ1n) is 7.35. The van der Waals surface area contributed by atoms with Gasteiger partial charge < -0.3 is 14.4 Å². The van der Waals surface area contributed by atoms with Crippen molar-refractivity contribution in [3.63, 3.8) is 0 Å². The van der Waals surface area contributed by atoms with E-state index in [1.165, 1.54) is 12.8 Å². The molecule has 112 valence electrons. The molecule has 1 aliphatic rings. The molecular formula is C16H20N2O3. The second-order valence-electron chi connectivity index (χ2n) is 5.71. The fourth-order valence-electron chi connectivity index (χ4n) is 3.38. The molecule has 1 heterocycles. The van der Waals surface area contributed by atoms with E-state index in [1.54, 1.807) is 13.2 Å². The van der Waals surface area contributed by atoms with Gasteiger partial charge in [0, 0.05) is 13.0 Å². The minimum Gasteiger partial charge on any atom is -0.494 e. The van der Waals surface area contributed by atoms with Gasteiger partial charge >= 0.3 is 5.97 Å². The smallest absolute Gasteiger partial charge is 0.307 e. The molecule has 3 rings (SSSR count). The lowest BCUT2D eigenvalue weighted by Gasteiger charge is -2.10. The van der Waals surface area contributed by atoms with Crippen LogP contribution in [0.1, 0.15) is 43.0 Å². The van der Waals surface area contributed by atoms with Crippen LogP contribution in [0.5, 0.6) is 5.75 Å². The van der Waals surface area contributed by atoms with Gasteiger partial charge in [-0.15, -0.1) is 0 Å². The van der Waals surface area contributed by atoms with E-state index < -0.39 is 5.97 Å². The van der Waals surface area contributed by atoms with Crippen molar-refractivity contribution in [3.8, 4) is 5.75 Å². The molecule has 1 aromatic heterocycles. The van der Waals surface area contributed by atoms with E-state index in [2.05, 4.69) is 4.57 Å². The van der Waals surface area contributed by atoms with Crippen LogP contribution in [-0.4, -0.2) is 27.7 Å². The Labute approximate surface area is 123 Å². The molecule has 5 nitrogen and oxygen atoms in total. The summed E-state index contributed by atoms with van der Waals surface area (Å²) in [6.07, 6.45) is 4.79. The van der Waals surface area contributed by atoms with Crippen molar-refractivity contribution >= 4 is 17.0 Å². The van der Waals surface area contributed by atoms with E-state index in [0.29, 0.717) is 5.92 Å². The van der Waals surface area contributed by atoms with Crippen LogP contribution in [-0.2, 0) is 18.3 Å². The highest BCUT2D eigenvalue weighted by Gasteiger charge is 2.25. The highest BCUT2D eigenvalue weighted by Crippen LogP contribution is 2.37. The van der Waals surface area contributed by atoms with E-state index in [0.717, 1.165) is 41.0 Å². The molecule has 21 heavy (non-hydrogen) atoms. The molecule has 1 saturated carbocycles. The maximum atomic E-state index is 11.0. The van der Waals surface area contributed by atoms with Gasteiger partial charge in [0.2, 0.25) is 0 Å². The number of ether oxygens (including phenoxy) is 1. The third-order valence-electron chi connectivity index (χ3n) is 4.39. The maximum Gasteiger partial charge on any atom is 0.307 e. The molecule has 5 heteroatoms. The van der Waals surface area contributed by atoms with Crippen molar-refractivity contribution in [3.05, 3.63) is 23.5 Å². The summed E-state index contributed by atoms with van der Waals surface area (Å²) in [4.78, 5) is 15.8. The maximum absolute atomic E-state index is 11.0. The lowest BCUT2D eigenvalue weighted by Crippen LogP contribution is -2.03. The predicted octanol–water partition coefficient (Wildman–Crippen LogP) is 2.87. The zero-order valence-electron chi connectivity index (χ0n) is 12.4. The SMILES string of the molecule is COc1ccc(CC(=O)O)c2nc(C3CCCC3)n(C)c12. The number of nitrogens with zero attached hydrogens (tertiary/aromatic N) is 2. The first-order chi connectivity index (χ1) is 10.1. The number of aliphatic carboxylic acids is 1. The Morgan fingerprint density at radius 1 is 1.43 bits per heavy atom. The largest absolute Gasteiger partial charge is 0.494 e. The van der Waals surface area contributed by atoms with Crippen molar-refractivity contribution in [2.45, 2.75) is 38.0 Å². The van der Waals surface area contributed by atoms with Crippen molar-refractivity contribution in [1.29, 1.82) is 0 Å². The van der Waals surface area contributed by atoms with Gasteiger partial charge in [-0.05, 0) is 24.5 Å². The van der Waals surface area contributed by atoms with Crippen LogP contribution in [0.2, 0.25) is 0 Å². The second kappa shape index (κ2) is 5.39. The zero-order chi connectivity index (χ0) is 15.0. The molecule has 0 saturated heterocycles. The molecule has 0 amide bonds. The minimum atomic E-state index is -0.838. The molecule has 0 atom stereocenters. The third-order valence-corrected chi connectivity index (χ3v) is 4.39. The Hall–Kier alpha value is -2.04. The number of aromatic nitrogens is 2. The number of benzene rings is 1. The highest BCUT2D eigenvalue weighted by atomic mass is 16.5. The fourth-order valence-corrected chi connectivity index (χ4v) is 3.38. The Bertz CT molecular complexity index is 684. The van der Waals surface area contributed by atoms with E-state index in [-0.39, 0.29) is 6.42 Å². The molecule has 0 spiro atoms. The Morgan fingerprint density at radius 2 is 2.14 bits per heavy atom. The molecule has 0 aliphatic heterocycles. The van der Waals surface area contributed by atoms with Gasteiger partial charge in [0.1, 0.15) is 17.1 Å². The summed E-state index contributed by atoms with van der Waals surface area (Å²) >= 11 is 0. The van der Waals surface area contributed by atoms with Crippen LogP contribution in [0.4, 0.5) is 0 Å². The summed E-state index contributed by atoms with van der Waals surface area (Å²) in [6, 6.07) is 3.64. The lowest BCUT2D eigenvalue weighted by atomic mass is 10.1. The number of rotatable bonds is 4. The molecule has 2 aromatic rings. The van der Waals surface area contributed by atoms with E-state index >= 15 is 0 Å². The van der Waals surface area contributed by atoms with E-state index in [4.69, 9.17) is 14.8 Å². The van der Waals surface area contributed by atoms with Crippen LogP contribution in [0, 0.1) is 0 Å². The summed E-state index contributed by atoms with van der Waals surface area (Å²) in [6.45, 7) is 0. The Balaban J connectivity index is 2.19. The molecule has 1 fully saturated rings. The van der Waals surface area contributed by atoms with Gasteiger partial charge in [-0.1, -0.05) is 18.9 Å². The Morgan fingerprint density at radius 3 is 2.76 bits per heavy atom. The number of carboxylic acids is 1. The highest BCUT2D eigenvalue weighted by molar-refractivity contribution is 5.88. The molecule has 1 aromatic carbocycles. The molecule has 0 bridgehead atoms. The summed E-state index contributed by atoms with van der Waals surface area (Å²) in [7, 11) is 3.63. The predicted molar refractivity (Wildman–Crippen MR) is 79.8 cm³/mol. The molecular weight excluding hydrogens is 268 g/mol. The number of methoxy groups -OCH3 is 1. The summed E-state index contributed by atoms with van der Waals surface area (Å²) in [5.41, 5.74) is 2.41. The average molecular weight is 288 g/mol. The van der Waals surface area contributed by atoms with Gasteiger partial charge in [0.25, 0.3) is 0 Å². The molecule has 0 unspecified atom stereocenters. The van der Waals surface area contributed by atoms with Crippen LogP contribution < -0.4 is 4.74 Å². The van der Waals surface area contributed by atoms with Gasteiger partial charge in [-0.3, -0.25) is 4.79 Å². The number of aryl methyl sites for hydroxylation is 1. The van der Waals surface area contributed by atoms with E-state index in [1.807, 2.05) is 13.1 Å². The number of fused-ring (bicyclic) bond motifs is 1. The van der Waals surface area contributed by atoms with Gasteiger partial charge in [-0.2, -0.15) is 0 Å². The Kier molecular flexibility index (Phi) is 3.57. The van der Waals surface area contributed by atoms with Crippen molar-refractivity contribution in [1.82, 2.24) is 9.55 Å². The topological polar surface area (TPSA) is 64.3 Å². The van der Waals surface area contributed by atoms with Crippen molar-refractivity contribution in [2.75, 3.05) is 7.11 Å². The van der Waals surface area contributed by atoms with Gasteiger partial charge in [0.15, 0.2) is 0 Å². The number of imidazole rings is 1. The van der Waals surface area contributed by atoms with Crippen molar-refractivity contribution in [2.24, 2.45) is 7.05 Å². The normalized spacial score (nSPS) is 15.7.